The largest absolute Gasteiger partial charge is 0.472 e. The molecule has 0 spiro atoms. The first kappa shape index (κ1) is 97.7. The number of ether oxygens (including phenoxy) is 22. The number of piperidine rings is 1. The van der Waals surface area contributed by atoms with E-state index in [0.717, 1.165) is 16.2 Å². The molecular weight excluding hydrogens is 1580 g/mol. The van der Waals surface area contributed by atoms with Crippen molar-refractivity contribution >= 4 is 21.6 Å². The summed E-state index contributed by atoms with van der Waals surface area (Å²) < 4.78 is 186. The Morgan fingerprint density at radius 1 is 0.410 bits per heavy atom. The number of hydroxylamine groups is 2. The van der Waals surface area contributed by atoms with Gasteiger partial charge in [0.05, 0.1) is 225 Å². The van der Waals surface area contributed by atoms with Crippen LogP contribution in [0.1, 0.15) is 51.7 Å². The van der Waals surface area contributed by atoms with E-state index in [-0.39, 0.29) is 144 Å². The third kappa shape index (κ3) is 38.3. The molecule has 117 heavy (non-hydrogen) atoms. The molecule has 35 nitrogen and oxygen atoms in total. The van der Waals surface area contributed by atoms with E-state index in [1.54, 1.807) is 60.7 Å². The fourth-order valence-corrected chi connectivity index (χ4v) is 14.9. The van der Waals surface area contributed by atoms with Gasteiger partial charge >= 0.3 is 15.6 Å². The number of rotatable bonds is 60. The van der Waals surface area contributed by atoms with Crippen LogP contribution in [0.5, 0.6) is 11.5 Å². The number of hydrogen-bond donors (Lipinski definition) is 4. The van der Waals surface area contributed by atoms with E-state index in [9.17, 15) is 28.9 Å². The Morgan fingerprint density at radius 2 is 0.692 bits per heavy atom. The number of nitrogens with one attached hydrogen (secondary N) is 1. The minimum absolute atomic E-state index is 0.0130. The molecule has 4 aliphatic heterocycles. The molecule has 0 aliphatic carbocycles. The molecule has 0 saturated carbocycles. The van der Waals surface area contributed by atoms with E-state index in [4.69, 9.17) is 128 Å². The van der Waals surface area contributed by atoms with Gasteiger partial charge in [-0.25, -0.2) is 9.13 Å². The van der Waals surface area contributed by atoms with E-state index in [2.05, 4.69) is 5.32 Å². The monoisotopic (exact) mass is 1700 g/mol. The zero-order chi connectivity index (χ0) is 82.9. The molecule has 4 heterocycles. The molecule has 1 radical (unpaired) electrons. The molecule has 4 aromatic carbocycles. The summed E-state index contributed by atoms with van der Waals surface area (Å²) >= 11 is 0. The lowest BCUT2D eigenvalue weighted by Gasteiger charge is -2.49. The van der Waals surface area contributed by atoms with Crippen molar-refractivity contribution in [1.29, 1.82) is 0 Å². The lowest BCUT2D eigenvalue weighted by molar-refractivity contribution is -0.301. The summed E-state index contributed by atoms with van der Waals surface area (Å²) in [5.74, 6) is 0.187. The fraction of sp³-hybridized carbons (Fsp3) is 0.688. The number of carbonyl (C=O) groups excluding carboxylic acids is 1. The number of nitrogens with two attached hydrogens (primary N) is 1. The van der Waals surface area contributed by atoms with Crippen LogP contribution in [0.25, 0.3) is 0 Å². The highest BCUT2D eigenvalue weighted by molar-refractivity contribution is 7.47. The minimum atomic E-state index is -5.38. The zero-order valence-corrected chi connectivity index (χ0v) is 69.6. The highest BCUT2D eigenvalue weighted by atomic mass is 31.2. The van der Waals surface area contributed by atoms with Crippen LogP contribution in [0.4, 0.5) is 0 Å². The third-order valence-corrected chi connectivity index (χ3v) is 20.3. The molecule has 5 N–H and O–H groups in total. The average molecular weight is 1700 g/mol. The molecule has 0 aromatic heterocycles. The van der Waals surface area contributed by atoms with E-state index in [0.29, 0.717) is 117 Å². The molecule has 4 saturated heterocycles. The van der Waals surface area contributed by atoms with Gasteiger partial charge in [-0.05, 0) is 75.9 Å². The SMILES string of the molecule is CC1(C)CC(C(=O)NCCOCCOCCOCCO[C@@H]2[C@@H](OCCOCCOCCOCCN)[C@H](Oc3ccccc3)O[C@@H]3COP(=O)(O)O[C@H]4[C@H](OCCOCCOCCOCCOCc5ccccc5)[C@@H](OCCOCCOCCOCCOCc5ccccc5)[C@H](Oc5ccccc5)O[C@@H]4COP(=O)(O)O[C@@H]23)CC(C)(C)N1[O]. The number of nitrogens with zero attached hydrogens (tertiary/aromatic N) is 1. The maximum atomic E-state index is 14.9. The summed E-state index contributed by atoms with van der Waals surface area (Å²) in [7, 11) is -10.7. The summed E-state index contributed by atoms with van der Waals surface area (Å²) in [4.78, 5) is 37.2. The van der Waals surface area contributed by atoms with Crippen LogP contribution in [0.2, 0.25) is 0 Å². The topological polar surface area (TPSA) is 393 Å². The molecular formula is C80H124N3O32P2. The summed E-state index contributed by atoms with van der Waals surface area (Å²) in [5.41, 5.74) is 6.31. The Morgan fingerprint density at radius 3 is 1.02 bits per heavy atom. The molecule has 12 atom stereocenters. The van der Waals surface area contributed by atoms with Gasteiger partial charge in [0, 0.05) is 30.1 Å². The van der Waals surface area contributed by atoms with Gasteiger partial charge in [0.1, 0.15) is 60.3 Å². The van der Waals surface area contributed by atoms with Crippen LogP contribution in [-0.4, -0.2) is 318 Å². The number of phosphoric acid groups is 2. The normalized spacial score (nSPS) is 25.1. The maximum Gasteiger partial charge on any atom is 0.472 e. The van der Waals surface area contributed by atoms with Gasteiger partial charge in [0.2, 0.25) is 18.5 Å². The van der Waals surface area contributed by atoms with Gasteiger partial charge in [-0.2, -0.15) is 0 Å². The van der Waals surface area contributed by atoms with E-state index in [1.165, 1.54) is 0 Å². The summed E-state index contributed by atoms with van der Waals surface area (Å²) in [6.07, 6.45) is -14.1. The predicted molar refractivity (Wildman–Crippen MR) is 419 cm³/mol. The smallest absolute Gasteiger partial charge is 0.462 e. The Balaban J connectivity index is 0.922. The molecule has 4 fully saturated rings. The van der Waals surface area contributed by atoms with Crippen LogP contribution in [0, 0.1) is 5.92 Å². The van der Waals surface area contributed by atoms with Crippen LogP contribution in [0.3, 0.4) is 0 Å². The first-order valence-corrected chi connectivity index (χ1v) is 43.0. The molecule has 4 aliphatic rings. The van der Waals surface area contributed by atoms with Crippen molar-refractivity contribution in [2.75, 3.05) is 225 Å². The highest BCUT2D eigenvalue weighted by Gasteiger charge is 2.57. The first-order chi connectivity index (χ1) is 56.9. The van der Waals surface area contributed by atoms with E-state index >= 15 is 0 Å². The Hall–Kier alpha value is -4.75. The predicted octanol–water partition coefficient (Wildman–Crippen LogP) is 6.48. The van der Waals surface area contributed by atoms with E-state index in [1.807, 2.05) is 88.4 Å². The highest BCUT2D eigenvalue weighted by Crippen LogP contribution is 2.53. The van der Waals surface area contributed by atoms with Crippen LogP contribution >= 0.6 is 15.6 Å². The minimum Gasteiger partial charge on any atom is -0.462 e. The zero-order valence-electron chi connectivity index (χ0n) is 67.8. The molecule has 1 amide bonds. The Labute approximate surface area is 686 Å². The molecule has 4 aromatic rings. The second kappa shape index (κ2) is 56.1. The summed E-state index contributed by atoms with van der Waals surface area (Å²) in [6, 6.07) is 36.8. The summed E-state index contributed by atoms with van der Waals surface area (Å²) in [5, 5.41) is 16.8. The van der Waals surface area contributed by atoms with Gasteiger partial charge in [0.15, 0.2) is 0 Å². The number of amides is 1. The fourth-order valence-electron chi connectivity index (χ4n) is 13.0. The van der Waals surface area contributed by atoms with Crippen molar-refractivity contribution in [1.82, 2.24) is 10.4 Å². The molecule has 0 bridgehead atoms. The molecule has 2 unspecified atom stereocenters. The summed E-state index contributed by atoms with van der Waals surface area (Å²) in [6.45, 7) is 12.7. The Bertz CT molecular complexity index is 3290. The number of benzene rings is 4. The lowest BCUT2D eigenvalue weighted by atomic mass is 9.75. The number of para-hydroxylation sites is 2. The average Bonchev–Trinajstić information content (AvgIpc) is 0.778. The van der Waals surface area contributed by atoms with Crippen LogP contribution in [-0.2, 0) is 145 Å². The van der Waals surface area contributed by atoms with Gasteiger partial charge in [0.25, 0.3) is 0 Å². The third-order valence-electron chi connectivity index (χ3n) is 18.4. The van der Waals surface area contributed by atoms with Crippen molar-refractivity contribution in [3.8, 4) is 11.5 Å². The van der Waals surface area contributed by atoms with Crippen molar-refractivity contribution in [2.24, 2.45) is 11.7 Å². The second-order valence-electron chi connectivity index (χ2n) is 28.5. The maximum absolute atomic E-state index is 14.9. The number of hydrogen-bond acceptors (Lipinski definition) is 31. The van der Waals surface area contributed by atoms with Gasteiger partial charge < -0.3 is 125 Å². The molecule has 661 valence electrons. The molecule has 8 rings (SSSR count). The lowest BCUT2D eigenvalue weighted by Crippen LogP contribution is -2.63. The van der Waals surface area contributed by atoms with Crippen LogP contribution in [0.15, 0.2) is 121 Å². The number of fused-ring (bicyclic) bond motifs is 2. The Kier molecular flexibility index (Phi) is 46.8. The van der Waals surface area contributed by atoms with Gasteiger partial charge in [-0.15, -0.1) is 10.3 Å². The quantitative estimate of drug-likeness (QED) is 0.0271. The van der Waals surface area contributed by atoms with Crippen LogP contribution < -0.4 is 20.5 Å². The van der Waals surface area contributed by atoms with Gasteiger partial charge in [-0.3, -0.25) is 22.9 Å². The van der Waals surface area contributed by atoms with Gasteiger partial charge in [-0.1, -0.05) is 97.1 Å². The number of phosphoric ester groups is 2. The van der Waals surface area contributed by atoms with Crippen molar-refractivity contribution in [3.63, 3.8) is 0 Å². The second-order valence-corrected chi connectivity index (χ2v) is 31.3. The standard InChI is InChI=1S/C80H124N3O32P2/c1-79(2)57-65(58-80(3,4)83(79)85)76(84)82-26-28-91-30-32-93-38-41-98-49-53-104-72-70-68(112-77(110-66-21-13-7-14-22-66)74(72)106-55-51-100-43-37-92-31-29-90-27-25-81)61-108-117(88,89)115-71-69(62-109-116(86,87)114-70)113-78(111-67-23-15-8-16-24-67)75(107-56-52-101-44-40-95-34-36-97-46-48-103-60-64-19-11-6-12-20-64)73(71)105-54-50-99-42-39-94-33-35-96-45-47-102-59-63-17-9-5-10-18-63/h5-24,65,68-75,77-78H,25-62,81H2,1-4H3,(H,82,84)(H,86,87)(H,88,89)/t68-,69-,70-,71-,72+,73+,74-,75-,77-,78-/m1/s1. The first-order valence-electron chi connectivity index (χ1n) is 40.0. The van der Waals surface area contributed by atoms with E-state index < -0.39 is 101 Å². The van der Waals surface area contributed by atoms with Crippen molar-refractivity contribution in [3.05, 3.63) is 132 Å². The number of carbonyl (C=O) groups is 1. The molecule has 37 heteroatoms. The van der Waals surface area contributed by atoms with Crippen molar-refractivity contribution in [2.45, 2.75) is 126 Å². The van der Waals surface area contributed by atoms with Crippen molar-refractivity contribution < 1.29 is 151 Å².